The van der Waals surface area contributed by atoms with Gasteiger partial charge in [0, 0.05) is 12.8 Å². The number of amides is 1. The van der Waals surface area contributed by atoms with E-state index in [0.717, 1.165) is 5.56 Å². The van der Waals surface area contributed by atoms with Crippen molar-refractivity contribution in [3.63, 3.8) is 0 Å². The number of hydrogen-bond donors (Lipinski definition) is 1. The number of carbonyl (C=O) groups is 2. The van der Waals surface area contributed by atoms with Crippen LogP contribution in [0.4, 0.5) is 13.6 Å². The lowest BCUT2D eigenvalue weighted by molar-refractivity contribution is -0.146. The second kappa shape index (κ2) is 8.08. The molecule has 1 aliphatic rings. The summed E-state index contributed by atoms with van der Waals surface area (Å²) in [7, 11) is 1.20. The zero-order valence-electron chi connectivity index (χ0n) is 13.5. The van der Waals surface area contributed by atoms with E-state index in [1.165, 1.54) is 7.11 Å². The van der Waals surface area contributed by atoms with Gasteiger partial charge in [0.1, 0.15) is 12.6 Å². The molecule has 0 bridgehead atoms. The molecule has 1 N–H and O–H groups in total. The molecule has 1 aliphatic carbocycles. The molecule has 1 saturated carbocycles. The first kappa shape index (κ1) is 18.2. The maximum atomic E-state index is 13.3. The van der Waals surface area contributed by atoms with Crippen LogP contribution in [0.3, 0.4) is 0 Å². The Balaban J connectivity index is 1.91. The number of alkyl halides is 2. The summed E-state index contributed by atoms with van der Waals surface area (Å²) in [4.78, 5) is 23.8. The molecule has 0 heterocycles. The Labute approximate surface area is 139 Å². The maximum absolute atomic E-state index is 13.3. The number of halogens is 2. The normalized spacial score (nSPS) is 18.5. The lowest BCUT2D eigenvalue weighted by Crippen LogP contribution is -2.48. The molecule has 132 valence electrons. The molecule has 2 rings (SSSR count). The molecule has 5 nitrogen and oxygen atoms in total. The van der Waals surface area contributed by atoms with Crippen LogP contribution in [-0.2, 0) is 20.9 Å². The highest BCUT2D eigenvalue weighted by molar-refractivity contribution is 5.81. The van der Waals surface area contributed by atoms with E-state index in [0.29, 0.717) is 0 Å². The van der Waals surface area contributed by atoms with Crippen LogP contribution < -0.4 is 5.32 Å². The lowest BCUT2D eigenvalue weighted by Gasteiger charge is -2.32. The topological polar surface area (TPSA) is 64.6 Å². The fourth-order valence-corrected chi connectivity index (χ4v) is 2.78. The fraction of sp³-hybridized carbons (Fsp3) is 0.529. The molecule has 0 radical (unpaired) electrons. The minimum Gasteiger partial charge on any atom is -0.467 e. The number of carbonyl (C=O) groups excluding carboxylic acids is 2. The summed E-state index contributed by atoms with van der Waals surface area (Å²) in [6.07, 6.45) is -1.08. The van der Waals surface area contributed by atoms with Gasteiger partial charge < -0.3 is 14.8 Å². The van der Waals surface area contributed by atoms with Gasteiger partial charge >= 0.3 is 12.1 Å². The number of esters is 1. The molecule has 0 spiro atoms. The van der Waals surface area contributed by atoms with Gasteiger partial charge in [0.15, 0.2) is 0 Å². The fourth-order valence-electron chi connectivity index (χ4n) is 2.78. The van der Waals surface area contributed by atoms with Gasteiger partial charge in [0.25, 0.3) is 0 Å². The highest BCUT2D eigenvalue weighted by atomic mass is 19.3. The van der Waals surface area contributed by atoms with Crippen LogP contribution in [0.2, 0.25) is 0 Å². The van der Waals surface area contributed by atoms with E-state index in [1.807, 2.05) is 18.2 Å². The van der Waals surface area contributed by atoms with Gasteiger partial charge in [-0.1, -0.05) is 30.3 Å². The number of alkyl carbamates (subject to hydrolysis) is 1. The van der Waals surface area contributed by atoms with Crippen molar-refractivity contribution in [1.29, 1.82) is 0 Å². The van der Waals surface area contributed by atoms with Gasteiger partial charge in [-0.3, -0.25) is 0 Å². The average molecular weight is 341 g/mol. The molecule has 0 aromatic heterocycles. The monoisotopic (exact) mass is 341 g/mol. The predicted molar refractivity (Wildman–Crippen MR) is 82.5 cm³/mol. The van der Waals surface area contributed by atoms with Crippen molar-refractivity contribution in [3.05, 3.63) is 35.9 Å². The van der Waals surface area contributed by atoms with E-state index < -0.39 is 24.0 Å². The first-order valence-electron chi connectivity index (χ1n) is 7.84. The predicted octanol–water partition coefficient (Wildman–Crippen LogP) is 3.28. The van der Waals surface area contributed by atoms with Gasteiger partial charge in [-0.25, -0.2) is 18.4 Å². The van der Waals surface area contributed by atoms with Crippen LogP contribution in [0.15, 0.2) is 30.3 Å². The summed E-state index contributed by atoms with van der Waals surface area (Å²) < 4.78 is 36.3. The number of methoxy groups -OCH3 is 1. The Bertz CT molecular complexity index is 555. The molecule has 24 heavy (non-hydrogen) atoms. The molecule has 1 aromatic rings. The number of ether oxygens (including phenoxy) is 2. The Morgan fingerprint density at radius 3 is 2.46 bits per heavy atom. The quantitative estimate of drug-likeness (QED) is 0.835. The maximum Gasteiger partial charge on any atom is 0.408 e. The van der Waals surface area contributed by atoms with Gasteiger partial charge in [-0.15, -0.1) is 0 Å². The van der Waals surface area contributed by atoms with Gasteiger partial charge in [0.2, 0.25) is 5.92 Å². The number of rotatable bonds is 5. The molecule has 1 fully saturated rings. The molecule has 1 aromatic carbocycles. The second-order valence-electron chi connectivity index (χ2n) is 5.90. The lowest BCUT2D eigenvalue weighted by atomic mass is 9.82. The Kier molecular flexibility index (Phi) is 6.11. The zero-order valence-corrected chi connectivity index (χ0v) is 13.5. The third-order valence-electron chi connectivity index (χ3n) is 4.17. The average Bonchev–Trinajstić information content (AvgIpc) is 2.58. The summed E-state index contributed by atoms with van der Waals surface area (Å²) in [6.45, 7) is 0.0588. The van der Waals surface area contributed by atoms with E-state index in [-0.39, 0.29) is 38.2 Å². The summed E-state index contributed by atoms with van der Waals surface area (Å²) in [5.41, 5.74) is 0.805. The van der Waals surface area contributed by atoms with Crippen molar-refractivity contribution >= 4 is 12.1 Å². The smallest absolute Gasteiger partial charge is 0.408 e. The minimum absolute atomic E-state index is 0.0588. The number of hydrogen-bond acceptors (Lipinski definition) is 4. The Hall–Kier alpha value is -2.18. The van der Waals surface area contributed by atoms with E-state index in [9.17, 15) is 18.4 Å². The zero-order chi connectivity index (χ0) is 17.6. The van der Waals surface area contributed by atoms with Crippen molar-refractivity contribution in [3.8, 4) is 0 Å². The van der Waals surface area contributed by atoms with Crippen molar-refractivity contribution < 1.29 is 27.8 Å². The van der Waals surface area contributed by atoms with Gasteiger partial charge in [-0.2, -0.15) is 0 Å². The van der Waals surface area contributed by atoms with Crippen LogP contribution in [0, 0.1) is 5.92 Å². The highest BCUT2D eigenvalue weighted by Gasteiger charge is 2.40. The molecular formula is C17H21F2NO4. The van der Waals surface area contributed by atoms with Crippen LogP contribution in [0.5, 0.6) is 0 Å². The minimum atomic E-state index is -2.70. The first-order chi connectivity index (χ1) is 11.4. The summed E-state index contributed by atoms with van der Waals surface area (Å²) in [6, 6.07) is 8.10. The van der Waals surface area contributed by atoms with Crippen molar-refractivity contribution in [2.45, 2.75) is 44.3 Å². The van der Waals surface area contributed by atoms with Crippen LogP contribution in [0.25, 0.3) is 0 Å². The molecule has 7 heteroatoms. The molecule has 1 amide bonds. The Morgan fingerprint density at radius 1 is 1.25 bits per heavy atom. The SMILES string of the molecule is COC(=O)C(NC(=O)OCc1ccccc1)C1CCC(F)(F)CC1. The summed E-state index contributed by atoms with van der Waals surface area (Å²) >= 11 is 0. The van der Waals surface area contributed by atoms with Crippen LogP contribution >= 0.6 is 0 Å². The third kappa shape index (κ3) is 5.18. The van der Waals surface area contributed by atoms with E-state index in [2.05, 4.69) is 10.1 Å². The van der Waals surface area contributed by atoms with E-state index >= 15 is 0 Å². The van der Waals surface area contributed by atoms with E-state index in [4.69, 9.17) is 4.74 Å². The molecular weight excluding hydrogens is 320 g/mol. The molecule has 1 atom stereocenters. The highest BCUT2D eigenvalue weighted by Crippen LogP contribution is 2.37. The van der Waals surface area contributed by atoms with E-state index in [1.54, 1.807) is 12.1 Å². The second-order valence-corrected chi connectivity index (χ2v) is 5.90. The van der Waals surface area contributed by atoms with Gasteiger partial charge in [-0.05, 0) is 24.3 Å². The third-order valence-corrected chi connectivity index (χ3v) is 4.17. The Morgan fingerprint density at radius 2 is 1.88 bits per heavy atom. The summed E-state index contributed by atoms with van der Waals surface area (Å²) in [5, 5.41) is 2.45. The molecule has 1 unspecified atom stereocenters. The van der Waals surface area contributed by atoms with Crippen molar-refractivity contribution in [2.75, 3.05) is 7.11 Å². The number of nitrogens with one attached hydrogen (secondary N) is 1. The van der Waals surface area contributed by atoms with Crippen molar-refractivity contribution in [2.24, 2.45) is 5.92 Å². The standard InChI is InChI=1S/C17H21F2NO4/c1-23-15(21)14(13-7-9-17(18,19)10-8-13)20-16(22)24-11-12-5-3-2-4-6-12/h2-6,13-14H,7-11H2,1H3,(H,20,22). The van der Waals surface area contributed by atoms with Crippen molar-refractivity contribution in [1.82, 2.24) is 5.32 Å². The number of benzene rings is 1. The first-order valence-corrected chi connectivity index (χ1v) is 7.84. The summed E-state index contributed by atoms with van der Waals surface area (Å²) in [5.74, 6) is -3.74. The largest absolute Gasteiger partial charge is 0.467 e. The van der Waals surface area contributed by atoms with Crippen LogP contribution in [0.1, 0.15) is 31.2 Å². The molecule has 0 saturated heterocycles. The molecule has 0 aliphatic heterocycles. The van der Waals surface area contributed by atoms with Crippen LogP contribution in [-0.4, -0.2) is 31.1 Å². The van der Waals surface area contributed by atoms with Gasteiger partial charge in [0.05, 0.1) is 7.11 Å².